The average Bonchev–Trinajstić information content (AvgIpc) is 2.87. The Balaban J connectivity index is 1.75. The zero-order chi connectivity index (χ0) is 25.9. The third-order valence-electron chi connectivity index (χ3n) is 6.93. The zero-order valence-corrected chi connectivity index (χ0v) is 21.9. The SMILES string of the molecule is CCCCC[C@H](C)CCC/C=C/C(=O)[C@H](Cc1ccc(O)c(OC)c1)c1ccc2ccc(O)cc2c1. The average molecular weight is 489 g/mol. The molecule has 0 bridgehead atoms. The molecule has 4 heteroatoms. The Hall–Kier alpha value is -3.27. The third kappa shape index (κ3) is 7.87. The van der Waals surface area contributed by atoms with Gasteiger partial charge < -0.3 is 14.9 Å². The summed E-state index contributed by atoms with van der Waals surface area (Å²) in [6, 6.07) is 16.5. The molecule has 4 nitrogen and oxygen atoms in total. The minimum absolute atomic E-state index is 0.0533. The van der Waals surface area contributed by atoms with E-state index in [0.29, 0.717) is 12.2 Å². The molecule has 0 aliphatic heterocycles. The van der Waals surface area contributed by atoms with Gasteiger partial charge in [-0.05, 0) is 77.4 Å². The molecule has 0 aromatic heterocycles. The van der Waals surface area contributed by atoms with Crippen LogP contribution in [0, 0.1) is 5.92 Å². The molecule has 2 atom stereocenters. The zero-order valence-electron chi connectivity index (χ0n) is 21.9. The first-order valence-corrected chi connectivity index (χ1v) is 13.2. The number of allylic oxidation sites excluding steroid dienone is 2. The summed E-state index contributed by atoms with van der Waals surface area (Å²) in [7, 11) is 1.52. The number of fused-ring (bicyclic) bond motifs is 1. The lowest BCUT2D eigenvalue weighted by Gasteiger charge is -2.17. The monoisotopic (exact) mass is 488 g/mol. The minimum atomic E-state index is -0.379. The van der Waals surface area contributed by atoms with E-state index in [1.807, 2.05) is 36.4 Å². The van der Waals surface area contributed by atoms with E-state index in [1.165, 1.54) is 39.2 Å². The van der Waals surface area contributed by atoms with Crippen LogP contribution in [0.3, 0.4) is 0 Å². The maximum Gasteiger partial charge on any atom is 0.163 e. The number of ketones is 1. The van der Waals surface area contributed by atoms with Crippen molar-refractivity contribution in [2.75, 3.05) is 7.11 Å². The molecule has 0 radical (unpaired) electrons. The number of rotatable bonds is 14. The van der Waals surface area contributed by atoms with Crippen LogP contribution >= 0.6 is 0 Å². The molecule has 0 aliphatic carbocycles. The number of aromatic hydroxyl groups is 2. The molecular weight excluding hydrogens is 448 g/mol. The Morgan fingerprint density at radius 1 is 0.944 bits per heavy atom. The topological polar surface area (TPSA) is 66.8 Å². The molecule has 0 amide bonds. The van der Waals surface area contributed by atoms with Gasteiger partial charge >= 0.3 is 0 Å². The van der Waals surface area contributed by atoms with Crippen molar-refractivity contribution in [3.8, 4) is 17.2 Å². The van der Waals surface area contributed by atoms with Gasteiger partial charge in [0.2, 0.25) is 0 Å². The van der Waals surface area contributed by atoms with Crippen molar-refractivity contribution in [1.82, 2.24) is 0 Å². The van der Waals surface area contributed by atoms with E-state index >= 15 is 0 Å². The highest BCUT2D eigenvalue weighted by atomic mass is 16.5. The standard InChI is InChI=1S/C32H40O4/c1-4-5-7-10-23(2)11-8-6-9-12-30(34)29(19-24-13-18-31(35)32(20-24)36-3)26-15-14-25-16-17-28(33)22-27(25)21-26/h9,12-18,20-23,29,33,35H,4-8,10-11,19H2,1-3H3/b12-9+/t23-,29+/m0/s1. The summed E-state index contributed by atoms with van der Waals surface area (Å²) in [6.07, 6.45) is 12.6. The molecule has 0 spiro atoms. The maximum absolute atomic E-state index is 13.4. The number of unbranched alkanes of at least 4 members (excludes halogenated alkanes) is 3. The molecule has 192 valence electrons. The molecule has 0 heterocycles. The Morgan fingerprint density at radius 2 is 1.72 bits per heavy atom. The first kappa shape index (κ1) is 27.3. The summed E-state index contributed by atoms with van der Waals surface area (Å²) in [4.78, 5) is 13.4. The van der Waals surface area contributed by atoms with Crippen molar-refractivity contribution in [1.29, 1.82) is 0 Å². The number of benzene rings is 3. The number of hydrogen-bond donors (Lipinski definition) is 2. The van der Waals surface area contributed by atoms with Crippen LogP contribution in [0.4, 0.5) is 0 Å². The number of ether oxygens (including phenoxy) is 1. The molecule has 2 N–H and O–H groups in total. The lowest BCUT2D eigenvalue weighted by atomic mass is 9.87. The predicted octanol–water partition coefficient (Wildman–Crippen LogP) is 8.10. The van der Waals surface area contributed by atoms with E-state index < -0.39 is 0 Å². The van der Waals surface area contributed by atoms with Gasteiger partial charge in [0, 0.05) is 0 Å². The molecule has 36 heavy (non-hydrogen) atoms. The minimum Gasteiger partial charge on any atom is -0.508 e. The second kappa shape index (κ2) is 13.7. The van der Waals surface area contributed by atoms with Gasteiger partial charge in [0.1, 0.15) is 5.75 Å². The van der Waals surface area contributed by atoms with Gasteiger partial charge in [0.25, 0.3) is 0 Å². The van der Waals surface area contributed by atoms with E-state index in [9.17, 15) is 15.0 Å². The third-order valence-corrected chi connectivity index (χ3v) is 6.93. The van der Waals surface area contributed by atoms with Gasteiger partial charge in [0.15, 0.2) is 17.3 Å². The van der Waals surface area contributed by atoms with Gasteiger partial charge in [0.05, 0.1) is 13.0 Å². The number of phenolic OH excluding ortho intramolecular Hbond substituents is 2. The van der Waals surface area contributed by atoms with Crippen LogP contribution in [0.25, 0.3) is 10.8 Å². The molecule has 3 aromatic carbocycles. The van der Waals surface area contributed by atoms with Gasteiger partial charge in [-0.3, -0.25) is 4.79 Å². The van der Waals surface area contributed by atoms with Crippen molar-refractivity contribution in [2.45, 2.75) is 71.1 Å². The summed E-state index contributed by atoms with van der Waals surface area (Å²) < 4.78 is 5.27. The second-order valence-corrected chi connectivity index (χ2v) is 9.89. The molecule has 0 unspecified atom stereocenters. The van der Waals surface area contributed by atoms with Gasteiger partial charge in [-0.2, -0.15) is 0 Å². The largest absolute Gasteiger partial charge is 0.508 e. The quantitative estimate of drug-likeness (QED) is 0.178. The first-order chi connectivity index (χ1) is 17.4. The Bertz CT molecular complexity index is 1160. The smallest absolute Gasteiger partial charge is 0.163 e. The van der Waals surface area contributed by atoms with Crippen molar-refractivity contribution in [3.63, 3.8) is 0 Å². The fourth-order valence-electron chi connectivity index (χ4n) is 4.72. The van der Waals surface area contributed by atoms with Crippen LogP contribution in [0.1, 0.15) is 75.8 Å². The number of carbonyl (C=O) groups excluding carboxylic acids is 1. The Labute approximate surface area is 215 Å². The summed E-state index contributed by atoms with van der Waals surface area (Å²) in [5.74, 6) is 1.08. The lowest BCUT2D eigenvalue weighted by molar-refractivity contribution is -0.116. The second-order valence-electron chi connectivity index (χ2n) is 9.89. The molecular formula is C32H40O4. The summed E-state index contributed by atoms with van der Waals surface area (Å²) in [6.45, 7) is 4.56. The summed E-state index contributed by atoms with van der Waals surface area (Å²) in [5.41, 5.74) is 1.81. The van der Waals surface area contributed by atoms with Crippen LogP contribution in [0.5, 0.6) is 17.2 Å². The van der Waals surface area contributed by atoms with Gasteiger partial charge in [-0.15, -0.1) is 0 Å². The Kier molecular flexibility index (Phi) is 10.4. The van der Waals surface area contributed by atoms with Crippen molar-refractivity contribution >= 4 is 16.6 Å². The highest BCUT2D eigenvalue weighted by molar-refractivity contribution is 5.96. The molecule has 0 saturated heterocycles. The molecule has 0 aliphatic rings. The van der Waals surface area contributed by atoms with Crippen LogP contribution in [-0.4, -0.2) is 23.1 Å². The lowest BCUT2D eigenvalue weighted by Crippen LogP contribution is -2.13. The van der Waals surface area contributed by atoms with Crippen LogP contribution in [0.15, 0.2) is 66.7 Å². The fourth-order valence-corrected chi connectivity index (χ4v) is 4.72. The van der Waals surface area contributed by atoms with Crippen LogP contribution in [-0.2, 0) is 11.2 Å². The number of hydrogen-bond acceptors (Lipinski definition) is 4. The summed E-state index contributed by atoms with van der Waals surface area (Å²) >= 11 is 0. The van der Waals surface area contributed by atoms with E-state index in [1.54, 1.807) is 30.3 Å². The maximum atomic E-state index is 13.4. The van der Waals surface area contributed by atoms with E-state index in [4.69, 9.17) is 4.74 Å². The van der Waals surface area contributed by atoms with Crippen LogP contribution in [0.2, 0.25) is 0 Å². The normalized spacial score (nSPS) is 13.2. The van der Waals surface area contributed by atoms with Gasteiger partial charge in [-0.25, -0.2) is 0 Å². The van der Waals surface area contributed by atoms with Crippen LogP contribution < -0.4 is 4.74 Å². The number of methoxy groups -OCH3 is 1. The highest BCUT2D eigenvalue weighted by Gasteiger charge is 2.20. The van der Waals surface area contributed by atoms with Crippen molar-refractivity contribution < 1.29 is 19.7 Å². The fraction of sp³-hybridized carbons (Fsp3) is 0.406. The number of phenols is 2. The molecule has 3 rings (SSSR count). The van der Waals surface area contributed by atoms with Crippen molar-refractivity contribution in [3.05, 3.63) is 77.9 Å². The number of carbonyl (C=O) groups is 1. The molecule has 0 saturated carbocycles. The molecule has 3 aromatic rings. The Morgan fingerprint density at radius 3 is 2.50 bits per heavy atom. The van der Waals surface area contributed by atoms with Crippen molar-refractivity contribution in [2.24, 2.45) is 5.92 Å². The summed E-state index contributed by atoms with van der Waals surface area (Å²) in [5, 5.41) is 21.8. The van der Waals surface area contributed by atoms with E-state index in [-0.39, 0.29) is 23.2 Å². The predicted molar refractivity (Wildman–Crippen MR) is 148 cm³/mol. The first-order valence-electron chi connectivity index (χ1n) is 13.2. The van der Waals surface area contributed by atoms with Gasteiger partial charge in [-0.1, -0.05) is 82.4 Å². The van der Waals surface area contributed by atoms with E-state index in [0.717, 1.165) is 40.7 Å². The molecule has 0 fully saturated rings. The highest BCUT2D eigenvalue weighted by Crippen LogP contribution is 2.32. The van der Waals surface area contributed by atoms with E-state index in [2.05, 4.69) is 13.8 Å².